The second kappa shape index (κ2) is 9.47. The second-order valence-corrected chi connectivity index (χ2v) is 15.4. The largest absolute Gasteiger partial charge is 0.497 e. The predicted molar refractivity (Wildman–Crippen MR) is 125 cm³/mol. The van der Waals surface area contributed by atoms with Crippen LogP contribution in [0.4, 0.5) is 0 Å². The number of hydrogen-bond donors (Lipinski definition) is 1. The van der Waals surface area contributed by atoms with Crippen molar-refractivity contribution in [1.82, 2.24) is 4.57 Å². The van der Waals surface area contributed by atoms with Gasteiger partial charge in [0.05, 0.1) is 12.6 Å². The van der Waals surface area contributed by atoms with Crippen LogP contribution in [-0.2, 0) is 11.5 Å². The van der Waals surface area contributed by atoms with E-state index in [0.29, 0.717) is 11.6 Å². The fourth-order valence-corrected chi connectivity index (χ4v) is 5.02. The summed E-state index contributed by atoms with van der Waals surface area (Å²) in [7, 11) is 0.409. The van der Waals surface area contributed by atoms with Crippen molar-refractivity contribution in [2.45, 2.75) is 42.2 Å². The molecule has 0 aliphatic rings. The van der Waals surface area contributed by atoms with Crippen LogP contribution in [-0.4, -0.2) is 37.4 Å². The van der Waals surface area contributed by atoms with Crippen LogP contribution in [0.5, 0.6) is 5.75 Å². The van der Waals surface area contributed by atoms with Crippen LogP contribution in [0.2, 0.25) is 30.7 Å². The SMILES string of the molecule is COc1ccc(Sc2cc(Cl)cc3c2cc(C(=O)O)n3COCC[Si](C)(C)C)cc1. The summed E-state index contributed by atoms with van der Waals surface area (Å²) >= 11 is 7.92. The number of aromatic nitrogens is 1. The number of fused-ring (bicyclic) bond motifs is 1. The Morgan fingerprint density at radius 2 is 1.87 bits per heavy atom. The second-order valence-electron chi connectivity index (χ2n) is 8.23. The van der Waals surface area contributed by atoms with Gasteiger partial charge in [-0.1, -0.05) is 43.0 Å². The highest BCUT2D eigenvalue weighted by Crippen LogP contribution is 2.38. The van der Waals surface area contributed by atoms with Crippen molar-refractivity contribution in [2.75, 3.05) is 13.7 Å². The number of aromatic carboxylic acids is 1. The van der Waals surface area contributed by atoms with Crippen molar-refractivity contribution in [2.24, 2.45) is 0 Å². The predicted octanol–water partition coefficient (Wildman–Crippen LogP) is 6.47. The number of carbonyl (C=O) groups is 1. The molecule has 0 saturated carbocycles. The van der Waals surface area contributed by atoms with Crippen LogP contribution in [0.1, 0.15) is 10.5 Å². The lowest BCUT2D eigenvalue weighted by Crippen LogP contribution is -2.22. The Hall–Kier alpha value is -1.93. The van der Waals surface area contributed by atoms with Crippen molar-refractivity contribution in [3.8, 4) is 5.75 Å². The van der Waals surface area contributed by atoms with Crippen LogP contribution in [0, 0.1) is 0 Å². The molecule has 0 saturated heterocycles. The summed E-state index contributed by atoms with van der Waals surface area (Å²) < 4.78 is 12.7. The number of benzene rings is 2. The molecular weight excluding hydrogens is 438 g/mol. The molecule has 0 fully saturated rings. The molecule has 3 rings (SSSR count). The summed E-state index contributed by atoms with van der Waals surface area (Å²) in [5.74, 6) is -0.207. The number of rotatable bonds is 9. The first-order chi connectivity index (χ1) is 14.2. The van der Waals surface area contributed by atoms with Gasteiger partial charge in [0.1, 0.15) is 18.2 Å². The lowest BCUT2D eigenvalue weighted by atomic mass is 10.2. The number of halogens is 1. The molecule has 0 bridgehead atoms. The highest BCUT2D eigenvalue weighted by Gasteiger charge is 2.19. The van der Waals surface area contributed by atoms with Crippen molar-refractivity contribution in [3.63, 3.8) is 0 Å². The maximum atomic E-state index is 11.9. The number of carboxylic acids is 1. The third kappa shape index (κ3) is 5.60. The maximum Gasteiger partial charge on any atom is 0.352 e. The summed E-state index contributed by atoms with van der Waals surface area (Å²) in [5.41, 5.74) is 0.945. The molecule has 3 aromatic rings. The molecule has 0 spiro atoms. The van der Waals surface area contributed by atoms with E-state index in [4.69, 9.17) is 21.1 Å². The van der Waals surface area contributed by atoms with Gasteiger partial charge in [0.15, 0.2) is 0 Å². The molecular formula is C22H26ClNO4SSi. The van der Waals surface area contributed by atoms with E-state index in [1.165, 1.54) is 11.8 Å². The Morgan fingerprint density at radius 1 is 1.17 bits per heavy atom. The zero-order valence-corrected chi connectivity index (χ0v) is 20.1. The standard InChI is InChI=1S/C22H26ClNO4SSi/c1-27-16-5-7-17(8-6-16)29-21-12-15(23)11-19-18(21)13-20(22(25)26)24(19)14-28-9-10-30(2,3)4/h5-8,11-13H,9-10,14H2,1-4H3,(H,25,26). The number of carboxylic acid groups (broad SMARTS) is 1. The molecule has 0 radical (unpaired) electrons. The average Bonchev–Trinajstić information content (AvgIpc) is 3.04. The number of nitrogens with zero attached hydrogens (tertiary/aromatic N) is 1. The highest BCUT2D eigenvalue weighted by molar-refractivity contribution is 7.99. The average molecular weight is 464 g/mol. The van der Waals surface area contributed by atoms with E-state index in [9.17, 15) is 9.90 Å². The molecule has 0 aliphatic carbocycles. The van der Waals surface area contributed by atoms with Crippen molar-refractivity contribution in [3.05, 3.63) is 53.2 Å². The summed E-state index contributed by atoms with van der Waals surface area (Å²) in [4.78, 5) is 13.8. The van der Waals surface area contributed by atoms with Gasteiger partial charge in [-0.3, -0.25) is 0 Å². The Labute approximate surface area is 186 Å². The van der Waals surface area contributed by atoms with Crippen LogP contribution >= 0.6 is 23.4 Å². The first-order valence-electron chi connectivity index (χ1n) is 9.64. The van der Waals surface area contributed by atoms with Gasteiger partial charge in [-0.15, -0.1) is 0 Å². The molecule has 8 heteroatoms. The van der Waals surface area contributed by atoms with Crippen molar-refractivity contribution < 1.29 is 19.4 Å². The minimum absolute atomic E-state index is 0.183. The Kier molecular flexibility index (Phi) is 7.18. The molecule has 0 atom stereocenters. The van der Waals surface area contributed by atoms with E-state index < -0.39 is 14.0 Å². The van der Waals surface area contributed by atoms with E-state index in [0.717, 1.165) is 32.5 Å². The normalized spacial score (nSPS) is 11.8. The molecule has 1 heterocycles. The summed E-state index contributed by atoms with van der Waals surface area (Å²) in [6.07, 6.45) is 0. The summed E-state index contributed by atoms with van der Waals surface area (Å²) in [6.45, 7) is 7.65. The molecule has 0 aliphatic heterocycles. The first kappa shape index (κ1) is 22.7. The van der Waals surface area contributed by atoms with Crippen LogP contribution < -0.4 is 4.74 Å². The van der Waals surface area contributed by atoms with Crippen molar-refractivity contribution in [1.29, 1.82) is 0 Å². The number of ether oxygens (including phenoxy) is 2. The van der Waals surface area contributed by atoms with E-state index in [2.05, 4.69) is 19.6 Å². The van der Waals surface area contributed by atoms with Gasteiger partial charge in [-0.25, -0.2) is 4.79 Å². The van der Waals surface area contributed by atoms with E-state index in [1.54, 1.807) is 23.8 Å². The molecule has 1 N–H and O–H groups in total. The van der Waals surface area contributed by atoms with Gasteiger partial charge >= 0.3 is 5.97 Å². The molecule has 0 unspecified atom stereocenters. The van der Waals surface area contributed by atoms with Gasteiger partial charge in [0.25, 0.3) is 0 Å². The fourth-order valence-electron chi connectivity index (χ4n) is 3.00. The minimum atomic E-state index is -1.22. The zero-order chi connectivity index (χ0) is 21.9. The monoisotopic (exact) mass is 463 g/mol. The topological polar surface area (TPSA) is 60.7 Å². The Bertz CT molecular complexity index is 1040. The summed E-state index contributed by atoms with van der Waals surface area (Å²) in [6, 6.07) is 14.1. The van der Waals surface area contributed by atoms with E-state index in [-0.39, 0.29) is 12.4 Å². The molecule has 1 aromatic heterocycles. The Morgan fingerprint density at radius 3 is 2.47 bits per heavy atom. The maximum absolute atomic E-state index is 11.9. The third-order valence-electron chi connectivity index (χ3n) is 4.67. The molecule has 2 aromatic carbocycles. The first-order valence-corrected chi connectivity index (χ1v) is 14.5. The summed E-state index contributed by atoms with van der Waals surface area (Å²) in [5, 5.41) is 11.1. The Balaban J connectivity index is 1.94. The van der Waals surface area contributed by atoms with Crippen molar-refractivity contribution >= 4 is 48.3 Å². The number of hydrogen-bond acceptors (Lipinski definition) is 4. The molecule has 160 valence electrons. The van der Waals surface area contributed by atoms with E-state index in [1.807, 2.05) is 30.3 Å². The number of methoxy groups -OCH3 is 1. The lowest BCUT2D eigenvalue weighted by Gasteiger charge is -2.16. The van der Waals surface area contributed by atoms with Crippen LogP contribution in [0.25, 0.3) is 10.9 Å². The quantitative estimate of drug-likeness (QED) is 0.291. The van der Waals surface area contributed by atoms with Gasteiger partial charge in [-0.2, -0.15) is 0 Å². The smallest absolute Gasteiger partial charge is 0.352 e. The van der Waals surface area contributed by atoms with E-state index >= 15 is 0 Å². The molecule has 0 amide bonds. The zero-order valence-electron chi connectivity index (χ0n) is 17.6. The highest BCUT2D eigenvalue weighted by atomic mass is 35.5. The molecule has 5 nitrogen and oxygen atoms in total. The lowest BCUT2D eigenvalue weighted by molar-refractivity contribution is 0.0630. The minimum Gasteiger partial charge on any atom is -0.497 e. The van der Waals surface area contributed by atoms with Crippen LogP contribution in [0.3, 0.4) is 0 Å². The van der Waals surface area contributed by atoms with Gasteiger partial charge in [0, 0.05) is 34.9 Å². The van der Waals surface area contributed by atoms with Gasteiger partial charge in [-0.05, 0) is 48.5 Å². The molecule has 30 heavy (non-hydrogen) atoms. The van der Waals surface area contributed by atoms with Gasteiger partial charge < -0.3 is 19.1 Å². The third-order valence-corrected chi connectivity index (χ3v) is 7.66. The van der Waals surface area contributed by atoms with Crippen LogP contribution in [0.15, 0.2) is 52.3 Å². The fraction of sp³-hybridized carbons (Fsp3) is 0.318. The van der Waals surface area contributed by atoms with Gasteiger partial charge in [0.2, 0.25) is 0 Å².